The van der Waals surface area contributed by atoms with E-state index in [4.69, 9.17) is 4.74 Å². The molecular formula is C16H25ClN2O3. The maximum atomic E-state index is 11.5. The first kappa shape index (κ1) is 20.4. The zero-order chi connectivity index (χ0) is 15.5. The highest BCUT2D eigenvalue weighted by atomic mass is 35.5. The van der Waals surface area contributed by atoms with Gasteiger partial charge < -0.3 is 15.4 Å². The van der Waals surface area contributed by atoms with Gasteiger partial charge in [-0.25, -0.2) is 0 Å². The van der Waals surface area contributed by atoms with E-state index in [1.807, 2.05) is 13.1 Å². The second-order valence-electron chi connectivity index (χ2n) is 4.84. The second kappa shape index (κ2) is 12.0. The number of rotatable bonds is 10. The molecule has 1 rings (SSSR count). The summed E-state index contributed by atoms with van der Waals surface area (Å²) in [5, 5.41) is 5.89. The van der Waals surface area contributed by atoms with Crippen molar-refractivity contribution >= 4 is 24.1 Å². The first-order chi connectivity index (χ1) is 10.1. The summed E-state index contributed by atoms with van der Waals surface area (Å²) in [5.74, 6) is 0.728. The molecule has 0 saturated heterocycles. The number of amides is 1. The van der Waals surface area contributed by atoms with Crippen LogP contribution in [-0.2, 0) is 4.79 Å². The third-order valence-electron chi connectivity index (χ3n) is 2.98. The first-order valence-corrected chi connectivity index (χ1v) is 7.28. The van der Waals surface area contributed by atoms with E-state index < -0.39 is 0 Å². The van der Waals surface area contributed by atoms with Crippen LogP contribution in [0.3, 0.4) is 0 Å². The van der Waals surface area contributed by atoms with Gasteiger partial charge in [0.05, 0.1) is 6.61 Å². The number of ketones is 1. The lowest BCUT2D eigenvalue weighted by Crippen LogP contribution is -2.26. The molecule has 0 radical (unpaired) electrons. The fraction of sp³-hybridized carbons (Fsp3) is 0.500. The van der Waals surface area contributed by atoms with Gasteiger partial charge in [0.25, 0.3) is 0 Å². The second-order valence-corrected chi connectivity index (χ2v) is 4.84. The molecule has 0 spiro atoms. The fourth-order valence-corrected chi connectivity index (χ4v) is 1.81. The van der Waals surface area contributed by atoms with Crippen LogP contribution >= 0.6 is 12.4 Å². The summed E-state index contributed by atoms with van der Waals surface area (Å²) >= 11 is 0. The minimum Gasteiger partial charge on any atom is -0.494 e. The molecule has 0 aliphatic carbocycles. The Balaban J connectivity index is 0.00000441. The van der Waals surface area contributed by atoms with Gasteiger partial charge >= 0.3 is 0 Å². The molecule has 1 aromatic rings. The third-order valence-corrected chi connectivity index (χ3v) is 2.98. The summed E-state index contributed by atoms with van der Waals surface area (Å²) in [7, 11) is 1.89. The minimum atomic E-state index is 0. The lowest BCUT2D eigenvalue weighted by Gasteiger charge is -2.08. The predicted molar refractivity (Wildman–Crippen MR) is 90.0 cm³/mol. The molecule has 6 heteroatoms. The van der Waals surface area contributed by atoms with Gasteiger partial charge in [-0.1, -0.05) is 12.1 Å². The molecule has 0 aromatic heterocycles. The molecule has 0 aliphatic rings. The summed E-state index contributed by atoms with van der Waals surface area (Å²) < 4.78 is 5.55. The van der Waals surface area contributed by atoms with Crippen molar-refractivity contribution in [2.75, 3.05) is 26.7 Å². The SMILES string of the molecule is CNCCCNC(=O)CCCOc1cccc(C(C)=O)c1.Cl. The monoisotopic (exact) mass is 328 g/mol. The number of carbonyl (C=O) groups excluding carboxylic acids is 2. The number of halogens is 1. The molecule has 0 unspecified atom stereocenters. The number of nitrogens with one attached hydrogen (secondary N) is 2. The molecule has 0 fully saturated rings. The molecule has 0 bridgehead atoms. The number of ether oxygens (including phenoxy) is 1. The van der Waals surface area contributed by atoms with Crippen molar-refractivity contribution in [3.63, 3.8) is 0 Å². The van der Waals surface area contributed by atoms with Crippen LogP contribution in [0.25, 0.3) is 0 Å². The lowest BCUT2D eigenvalue weighted by molar-refractivity contribution is -0.121. The van der Waals surface area contributed by atoms with Gasteiger partial charge in [-0.05, 0) is 45.5 Å². The van der Waals surface area contributed by atoms with Gasteiger partial charge in [0, 0.05) is 18.5 Å². The van der Waals surface area contributed by atoms with Gasteiger partial charge in [0.2, 0.25) is 5.91 Å². The van der Waals surface area contributed by atoms with Crippen molar-refractivity contribution in [3.05, 3.63) is 29.8 Å². The highest BCUT2D eigenvalue weighted by Gasteiger charge is 2.03. The summed E-state index contributed by atoms with van der Waals surface area (Å²) in [6.45, 7) is 3.58. The Kier molecular flexibility index (Phi) is 11.1. The van der Waals surface area contributed by atoms with Gasteiger partial charge in [-0.15, -0.1) is 12.4 Å². The fourth-order valence-electron chi connectivity index (χ4n) is 1.81. The maximum Gasteiger partial charge on any atom is 0.220 e. The van der Waals surface area contributed by atoms with E-state index in [-0.39, 0.29) is 24.1 Å². The van der Waals surface area contributed by atoms with Crippen LogP contribution in [0, 0.1) is 0 Å². The van der Waals surface area contributed by atoms with Crippen molar-refractivity contribution in [2.45, 2.75) is 26.2 Å². The Morgan fingerprint density at radius 2 is 1.95 bits per heavy atom. The van der Waals surface area contributed by atoms with Crippen molar-refractivity contribution in [1.29, 1.82) is 0 Å². The Morgan fingerprint density at radius 3 is 2.64 bits per heavy atom. The summed E-state index contributed by atoms with van der Waals surface area (Å²) in [6, 6.07) is 7.08. The van der Waals surface area contributed by atoms with E-state index in [9.17, 15) is 9.59 Å². The average Bonchev–Trinajstić information content (AvgIpc) is 2.48. The van der Waals surface area contributed by atoms with Crippen LogP contribution in [0.2, 0.25) is 0 Å². The van der Waals surface area contributed by atoms with Gasteiger partial charge in [0.1, 0.15) is 5.75 Å². The van der Waals surface area contributed by atoms with Crippen molar-refractivity contribution < 1.29 is 14.3 Å². The molecule has 124 valence electrons. The highest BCUT2D eigenvalue weighted by Crippen LogP contribution is 2.14. The summed E-state index contributed by atoms with van der Waals surface area (Å²) in [6.07, 6.45) is 2.03. The average molecular weight is 329 g/mol. The van der Waals surface area contributed by atoms with E-state index in [1.54, 1.807) is 18.2 Å². The first-order valence-electron chi connectivity index (χ1n) is 7.28. The van der Waals surface area contributed by atoms with Gasteiger partial charge in [-0.3, -0.25) is 9.59 Å². The Hall–Kier alpha value is -1.59. The molecule has 1 amide bonds. The zero-order valence-corrected chi connectivity index (χ0v) is 14.0. The van der Waals surface area contributed by atoms with Crippen molar-refractivity contribution in [2.24, 2.45) is 0 Å². The lowest BCUT2D eigenvalue weighted by atomic mass is 10.1. The van der Waals surface area contributed by atoms with E-state index >= 15 is 0 Å². The number of hydrogen-bond acceptors (Lipinski definition) is 4. The summed E-state index contributed by atoms with van der Waals surface area (Å²) in [4.78, 5) is 22.8. The molecule has 0 aliphatic heterocycles. The number of carbonyl (C=O) groups is 2. The van der Waals surface area contributed by atoms with Crippen LogP contribution < -0.4 is 15.4 Å². The normalized spacial score (nSPS) is 9.73. The van der Waals surface area contributed by atoms with Crippen LogP contribution in [-0.4, -0.2) is 38.4 Å². The largest absolute Gasteiger partial charge is 0.494 e. The Morgan fingerprint density at radius 1 is 1.18 bits per heavy atom. The Labute approximate surface area is 138 Å². The van der Waals surface area contributed by atoms with Crippen LogP contribution in [0.15, 0.2) is 24.3 Å². The Bertz CT molecular complexity index is 466. The quantitative estimate of drug-likeness (QED) is 0.510. The van der Waals surface area contributed by atoms with Crippen LogP contribution in [0.1, 0.15) is 36.5 Å². The summed E-state index contributed by atoms with van der Waals surface area (Å²) in [5.41, 5.74) is 0.634. The molecule has 0 atom stereocenters. The standard InChI is InChI=1S/C16H24N2O3.ClH/c1-13(19)14-6-3-7-15(12-14)21-11-4-8-16(20)18-10-5-9-17-2;/h3,6-7,12,17H,4-5,8-11H2,1-2H3,(H,18,20);1H. The van der Waals surface area contributed by atoms with Gasteiger partial charge in [0.15, 0.2) is 5.78 Å². The molecule has 0 heterocycles. The zero-order valence-electron chi connectivity index (χ0n) is 13.2. The van der Waals surface area contributed by atoms with Crippen LogP contribution in [0.4, 0.5) is 0 Å². The van der Waals surface area contributed by atoms with E-state index in [1.165, 1.54) is 6.92 Å². The van der Waals surface area contributed by atoms with Crippen LogP contribution in [0.5, 0.6) is 5.75 Å². The number of hydrogen-bond donors (Lipinski definition) is 2. The van der Waals surface area contributed by atoms with E-state index in [0.717, 1.165) is 13.0 Å². The number of Topliss-reactive ketones (excluding diaryl/α,β-unsaturated/α-hetero) is 1. The van der Waals surface area contributed by atoms with E-state index in [0.29, 0.717) is 37.3 Å². The molecular weight excluding hydrogens is 304 g/mol. The molecule has 1 aromatic carbocycles. The minimum absolute atomic E-state index is 0. The maximum absolute atomic E-state index is 11.5. The molecule has 5 nitrogen and oxygen atoms in total. The van der Waals surface area contributed by atoms with Crippen molar-refractivity contribution in [1.82, 2.24) is 10.6 Å². The van der Waals surface area contributed by atoms with Crippen molar-refractivity contribution in [3.8, 4) is 5.75 Å². The van der Waals surface area contributed by atoms with Gasteiger partial charge in [-0.2, -0.15) is 0 Å². The highest BCUT2D eigenvalue weighted by molar-refractivity contribution is 5.94. The predicted octanol–water partition coefficient (Wildman–Crippen LogP) is 2.20. The number of benzene rings is 1. The topological polar surface area (TPSA) is 67.4 Å². The third kappa shape index (κ3) is 8.64. The molecule has 2 N–H and O–H groups in total. The van der Waals surface area contributed by atoms with E-state index in [2.05, 4.69) is 10.6 Å². The molecule has 0 saturated carbocycles. The smallest absolute Gasteiger partial charge is 0.220 e. The molecule has 22 heavy (non-hydrogen) atoms.